The van der Waals surface area contributed by atoms with E-state index in [2.05, 4.69) is 24.2 Å². The number of nitrogens with zero attached hydrogens (tertiary/aromatic N) is 1. The van der Waals surface area contributed by atoms with E-state index in [0.29, 0.717) is 5.41 Å². The molecule has 1 aliphatic carbocycles. The molecule has 1 atom stereocenters. The second kappa shape index (κ2) is 5.44. The summed E-state index contributed by atoms with van der Waals surface area (Å²) in [6.07, 6.45) is 8.14. The van der Waals surface area contributed by atoms with Crippen LogP contribution >= 0.6 is 11.8 Å². The van der Waals surface area contributed by atoms with Crippen LogP contribution in [0.4, 0.5) is 0 Å². The van der Waals surface area contributed by atoms with E-state index in [1.54, 1.807) is 0 Å². The second-order valence-corrected chi connectivity index (χ2v) is 6.52. The zero-order chi connectivity index (χ0) is 11.4. The van der Waals surface area contributed by atoms with Crippen LogP contribution in [-0.4, -0.2) is 23.5 Å². The minimum Gasteiger partial charge on any atom is -0.364 e. The van der Waals surface area contributed by atoms with Gasteiger partial charge < -0.3 is 5.32 Å². The summed E-state index contributed by atoms with van der Waals surface area (Å²) in [5.74, 6) is 0. The molecule has 0 spiro atoms. The molecule has 1 saturated carbocycles. The summed E-state index contributed by atoms with van der Waals surface area (Å²) in [6.45, 7) is 6.75. The Morgan fingerprint density at radius 1 is 1.44 bits per heavy atom. The Balaban J connectivity index is 1.71. The van der Waals surface area contributed by atoms with Gasteiger partial charge in [-0.2, -0.15) is 0 Å². The summed E-state index contributed by atoms with van der Waals surface area (Å²) in [4.78, 5) is 4.60. The summed E-state index contributed by atoms with van der Waals surface area (Å²) in [7, 11) is 0. The van der Waals surface area contributed by atoms with Crippen LogP contribution in [0.1, 0.15) is 52.4 Å². The van der Waals surface area contributed by atoms with Crippen molar-refractivity contribution in [3.8, 4) is 0 Å². The van der Waals surface area contributed by atoms with Crippen molar-refractivity contribution in [3.05, 3.63) is 0 Å². The lowest BCUT2D eigenvalue weighted by molar-refractivity contribution is 0.132. The van der Waals surface area contributed by atoms with Crippen LogP contribution in [0, 0.1) is 5.41 Å². The molecule has 0 aromatic carbocycles. The third-order valence-corrected chi connectivity index (χ3v) is 5.32. The molecule has 0 amide bonds. The van der Waals surface area contributed by atoms with Crippen molar-refractivity contribution in [2.24, 2.45) is 10.4 Å². The molecule has 1 N–H and O–H groups in total. The first-order valence-electron chi connectivity index (χ1n) is 6.73. The Bertz CT molecular complexity index is 253. The Morgan fingerprint density at radius 3 is 2.81 bits per heavy atom. The first-order chi connectivity index (χ1) is 7.78. The van der Waals surface area contributed by atoms with Gasteiger partial charge in [0.15, 0.2) is 5.17 Å². The van der Waals surface area contributed by atoms with E-state index in [1.165, 1.54) is 43.7 Å². The highest BCUT2D eigenvalue weighted by molar-refractivity contribution is 8.14. The fraction of sp³-hybridized carbons (Fsp3) is 0.923. The average molecular weight is 240 g/mol. The van der Waals surface area contributed by atoms with Crippen molar-refractivity contribution < 1.29 is 0 Å². The highest BCUT2D eigenvalue weighted by Crippen LogP contribution is 2.43. The minimum atomic E-state index is 0.603. The molecule has 2 aliphatic rings. The Morgan fingerprint density at radius 2 is 2.25 bits per heavy atom. The molecule has 0 aromatic rings. The van der Waals surface area contributed by atoms with Gasteiger partial charge >= 0.3 is 0 Å². The Labute approximate surface area is 104 Å². The first kappa shape index (κ1) is 12.3. The lowest BCUT2D eigenvalue weighted by Crippen LogP contribution is -2.40. The van der Waals surface area contributed by atoms with Crippen molar-refractivity contribution >= 4 is 16.9 Å². The van der Waals surface area contributed by atoms with Crippen molar-refractivity contribution in [1.29, 1.82) is 0 Å². The molecule has 2 rings (SSSR count). The van der Waals surface area contributed by atoms with Crippen molar-refractivity contribution in [1.82, 2.24) is 5.32 Å². The van der Waals surface area contributed by atoms with Crippen LogP contribution in [0.25, 0.3) is 0 Å². The van der Waals surface area contributed by atoms with Crippen LogP contribution in [0.15, 0.2) is 4.99 Å². The molecule has 0 radical (unpaired) electrons. The Kier molecular flexibility index (Phi) is 4.17. The zero-order valence-electron chi connectivity index (χ0n) is 10.6. The number of hydrogen-bond acceptors (Lipinski definition) is 3. The van der Waals surface area contributed by atoms with Gasteiger partial charge in [-0.25, -0.2) is 0 Å². The van der Waals surface area contributed by atoms with E-state index in [9.17, 15) is 0 Å². The fourth-order valence-electron chi connectivity index (χ4n) is 2.58. The van der Waals surface area contributed by atoms with E-state index in [4.69, 9.17) is 0 Å². The molecule has 16 heavy (non-hydrogen) atoms. The number of amidine groups is 1. The zero-order valence-corrected chi connectivity index (χ0v) is 11.4. The van der Waals surface area contributed by atoms with Crippen LogP contribution in [0.3, 0.4) is 0 Å². The third-order valence-electron chi connectivity index (χ3n) is 4.11. The van der Waals surface area contributed by atoms with E-state index >= 15 is 0 Å². The predicted molar refractivity (Wildman–Crippen MR) is 73.2 cm³/mol. The normalized spacial score (nSPS) is 27.4. The van der Waals surface area contributed by atoms with Gasteiger partial charge in [0.05, 0.1) is 6.54 Å². The highest BCUT2D eigenvalue weighted by Gasteiger charge is 2.35. The standard InChI is InChI=1S/C13H24N2S/c1-3-6-11-9-14-12(16-11)15-10-13(4-2)7-5-8-13/h11H,3-10H2,1-2H3,(H,14,15). The molecule has 0 aromatic heterocycles. The van der Waals surface area contributed by atoms with E-state index < -0.39 is 0 Å². The second-order valence-electron chi connectivity index (χ2n) is 5.24. The summed E-state index contributed by atoms with van der Waals surface area (Å²) >= 11 is 1.96. The van der Waals surface area contributed by atoms with E-state index in [1.807, 2.05) is 11.8 Å². The number of hydrogen-bond donors (Lipinski definition) is 1. The maximum atomic E-state index is 4.60. The Hall–Kier alpha value is -0.180. The van der Waals surface area contributed by atoms with Crippen molar-refractivity contribution in [3.63, 3.8) is 0 Å². The molecule has 1 heterocycles. The van der Waals surface area contributed by atoms with Gasteiger partial charge in [0.2, 0.25) is 0 Å². The SMILES string of the molecule is CCCC1CN=C(NCC2(CC)CCC2)S1. The van der Waals surface area contributed by atoms with E-state index in [0.717, 1.165) is 18.3 Å². The quantitative estimate of drug-likeness (QED) is 0.796. The smallest absolute Gasteiger partial charge is 0.156 e. The summed E-state index contributed by atoms with van der Waals surface area (Å²) in [5.41, 5.74) is 0.603. The number of nitrogens with one attached hydrogen (secondary N) is 1. The monoisotopic (exact) mass is 240 g/mol. The molecular weight excluding hydrogens is 216 g/mol. The maximum absolute atomic E-state index is 4.60. The number of rotatable bonds is 5. The van der Waals surface area contributed by atoms with Gasteiger partial charge in [-0.05, 0) is 31.1 Å². The molecule has 1 aliphatic heterocycles. The number of thioether (sulfide) groups is 1. The maximum Gasteiger partial charge on any atom is 0.156 e. The molecular formula is C13H24N2S. The van der Waals surface area contributed by atoms with Crippen molar-refractivity contribution in [2.45, 2.75) is 57.6 Å². The van der Waals surface area contributed by atoms with Gasteiger partial charge in [-0.15, -0.1) is 0 Å². The van der Waals surface area contributed by atoms with Gasteiger partial charge in [0.1, 0.15) is 0 Å². The predicted octanol–water partition coefficient (Wildman–Crippen LogP) is 3.43. The van der Waals surface area contributed by atoms with Gasteiger partial charge in [-0.1, -0.05) is 38.5 Å². The molecule has 1 fully saturated rings. The average Bonchev–Trinajstić information content (AvgIpc) is 2.66. The third kappa shape index (κ3) is 2.73. The minimum absolute atomic E-state index is 0.603. The van der Waals surface area contributed by atoms with Crippen LogP contribution in [0.2, 0.25) is 0 Å². The van der Waals surface area contributed by atoms with Gasteiger partial charge in [0.25, 0.3) is 0 Å². The molecule has 0 bridgehead atoms. The molecule has 0 saturated heterocycles. The van der Waals surface area contributed by atoms with E-state index in [-0.39, 0.29) is 0 Å². The lowest BCUT2D eigenvalue weighted by Gasteiger charge is -2.41. The first-order valence-corrected chi connectivity index (χ1v) is 7.61. The van der Waals surface area contributed by atoms with Gasteiger partial charge in [0, 0.05) is 11.8 Å². The lowest BCUT2D eigenvalue weighted by atomic mass is 9.67. The molecule has 1 unspecified atom stereocenters. The van der Waals surface area contributed by atoms with Crippen LogP contribution in [-0.2, 0) is 0 Å². The summed E-state index contributed by atoms with van der Waals surface area (Å²) in [5, 5.41) is 5.53. The van der Waals surface area contributed by atoms with Gasteiger partial charge in [-0.3, -0.25) is 4.99 Å². The fourth-order valence-corrected chi connectivity index (χ4v) is 3.71. The largest absolute Gasteiger partial charge is 0.364 e. The number of aliphatic imine (C=N–C) groups is 1. The molecule has 92 valence electrons. The summed E-state index contributed by atoms with van der Waals surface area (Å²) in [6, 6.07) is 0. The van der Waals surface area contributed by atoms with Crippen LogP contribution in [0.5, 0.6) is 0 Å². The summed E-state index contributed by atoms with van der Waals surface area (Å²) < 4.78 is 0. The topological polar surface area (TPSA) is 24.4 Å². The molecule has 3 heteroatoms. The van der Waals surface area contributed by atoms with Crippen molar-refractivity contribution in [2.75, 3.05) is 13.1 Å². The van der Waals surface area contributed by atoms with Crippen LogP contribution < -0.4 is 5.32 Å². The highest BCUT2D eigenvalue weighted by atomic mass is 32.2. The molecule has 2 nitrogen and oxygen atoms in total.